The van der Waals surface area contributed by atoms with Gasteiger partial charge < -0.3 is 19.3 Å². The Morgan fingerprint density at radius 3 is 2.85 bits per heavy atom. The number of piperidine rings is 1. The minimum atomic E-state index is 0.226. The summed E-state index contributed by atoms with van der Waals surface area (Å²) in [5.41, 5.74) is 0. The third-order valence-corrected chi connectivity index (χ3v) is 6.38. The molecule has 0 spiro atoms. The molecule has 0 aliphatic carbocycles. The summed E-state index contributed by atoms with van der Waals surface area (Å²) in [6.07, 6.45) is 5.28. The number of thiophene rings is 1. The van der Waals surface area contributed by atoms with Gasteiger partial charge in [0.2, 0.25) is 5.91 Å². The van der Waals surface area contributed by atoms with Crippen molar-refractivity contribution in [3.63, 3.8) is 0 Å². The molecule has 0 N–H and O–H groups in total. The minimum absolute atomic E-state index is 0.226. The van der Waals surface area contributed by atoms with E-state index in [0.717, 1.165) is 76.5 Å². The van der Waals surface area contributed by atoms with Crippen LogP contribution in [0.15, 0.2) is 17.5 Å². The van der Waals surface area contributed by atoms with Crippen LogP contribution < -0.4 is 0 Å². The van der Waals surface area contributed by atoms with Gasteiger partial charge in [-0.2, -0.15) is 0 Å². The summed E-state index contributed by atoms with van der Waals surface area (Å²) in [6.45, 7) is 6.52. The lowest BCUT2D eigenvalue weighted by Gasteiger charge is -2.35. The van der Waals surface area contributed by atoms with E-state index in [1.165, 1.54) is 0 Å². The van der Waals surface area contributed by atoms with Crippen LogP contribution in [0.3, 0.4) is 0 Å². The molecule has 1 aromatic heterocycles. The van der Waals surface area contributed by atoms with E-state index in [1.54, 1.807) is 18.4 Å². The van der Waals surface area contributed by atoms with Crippen LogP contribution in [-0.2, 0) is 20.7 Å². The van der Waals surface area contributed by atoms with E-state index in [2.05, 4.69) is 15.9 Å². The average Bonchev–Trinajstić information content (AvgIpc) is 3.34. The van der Waals surface area contributed by atoms with Crippen molar-refractivity contribution in [1.82, 2.24) is 9.80 Å². The predicted octanol–water partition coefficient (Wildman–Crippen LogP) is 2.66. The molecule has 0 saturated carbocycles. The molecule has 0 bridgehead atoms. The van der Waals surface area contributed by atoms with Crippen molar-refractivity contribution in [1.29, 1.82) is 0 Å². The molecule has 3 rings (SSSR count). The molecule has 146 valence electrons. The van der Waals surface area contributed by atoms with E-state index >= 15 is 0 Å². The Morgan fingerprint density at radius 1 is 1.35 bits per heavy atom. The van der Waals surface area contributed by atoms with Gasteiger partial charge in [0, 0.05) is 38.2 Å². The summed E-state index contributed by atoms with van der Waals surface area (Å²) < 4.78 is 11.0. The fourth-order valence-corrected chi connectivity index (χ4v) is 4.61. The number of hydrogen-bond acceptors (Lipinski definition) is 5. The molecule has 26 heavy (non-hydrogen) atoms. The molecule has 0 unspecified atom stereocenters. The molecule has 1 aromatic rings. The van der Waals surface area contributed by atoms with Gasteiger partial charge in [-0.1, -0.05) is 6.07 Å². The first-order chi connectivity index (χ1) is 12.7. The Bertz CT molecular complexity index is 523. The van der Waals surface area contributed by atoms with Gasteiger partial charge in [0.05, 0.1) is 19.1 Å². The van der Waals surface area contributed by atoms with E-state index in [0.29, 0.717) is 12.3 Å². The Hall–Kier alpha value is -0.950. The lowest BCUT2D eigenvalue weighted by molar-refractivity contribution is -0.133. The Morgan fingerprint density at radius 2 is 2.19 bits per heavy atom. The molecule has 3 heterocycles. The highest BCUT2D eigenvalue weighted by Crippen LogP contribution is 2.21. The van der Waals surface area contributed by atoms with Crippen LogP contribution >= 0.6 is 11.3 Å². The molecule has 6 heteroatoms. The van der Waals surface area contributed by atoms with Gasteiger partial charge in [-0.15, -0.1) is 11.3 Å². The van der Waals surface area contributed by atoms with Crippen LogP contribution in [0.25, 0.3) is 0 Å². The molecular formula is C20H32N2O3S. The van der Waals surface area contributed by atoms with Gasteiger partial charge in [0.1, 0.15) is 0 Å². The van der Waals surface area contributed by atoms with E-state index in [4.69, 9.17) is 9.47 Å². The highest BCUT2D eigenvalue weighted by atomic mass is 32.1. The van der Waals surface area contributed by atoms with Crippen LogP contribution in [0.2, 0.25) is 0 Å². The molecule has 2 fully saturated rings. The topological polar surface area (TPSA) is 42.0 Å². The number of carbonyl (C=O) groups excluding carboxylic acids is 1. The number of amides is 1. The van der Waals surface area contributed by atoms with E-state index < -0.39 is 0 Å². The summed E-state index contributed by atoms with van der Waals surface area (Å²) >= 11 is 1.67. The van der Waals surface area contributed by atoms with Crippen molar-refractivity contribution >= 4 is 17.2 Å². The van der Waals surface area contributed by atoms with E-state index in [-0.39, 0.29) is 12.0 Å². The maximum Gasteiger partial charge on any atom is 0.227 e. The van der Waals surface area contributed by atoms with Crippen LogP contribution in [-0.4, -0.2) is 74.9 Å². The third-order valence-electron chi connectivity index (χ3n) is 5.50. The van der Waals surface area contributed by atoms with Gasteiger partial charge in [-0.25, -0.2) is 0 Å². The van der Waals surface area contributed by atoms with Gasteiger partial charge >= 0.3 is 0 Å². The molecule has 2 aliphatic rings. The summed E-state index contributed by atoms with van der Waals surface area (Å²) in [5.74, 6) is 0.854. The quantitative estimate of drug-likeness (QED) is 0.661. The number of rotatable bonds is 9. The van der Waals surface area contributed by atoms with Gasteiger partial charge in [0.25, 0.3) is 0 Å². The number of nitrogens with zero attached hydrogens (tertiary/aromatic N) is 2. The Kier molecular flexibility index (Phi) is 7.92. The molecule has 2 aliphatic heterocycles. The maximum atomic E-state index is 12.9. The second-order valence-corrected chi connectivity index (χ2v) is 8.50. The van der Waals surface area contributed by atoms with Gasteiger partial charge in [-0.05, 0) is 56.1 Å². The first-order valence-electron chi connectivity index (χ1n) is 9.87. The van der Waals surface area contributed by atoms with Crippen molar-refractivity contribution in [2.45, 2.75) is 38.2 Å². The number of ether oxygens (including phenoxy) is 2. The molecule has 1 atom stereocenters. The van der Waals surface area contributed by atoms with Crippen molar-refractivity contribution in [2.75, 3.05) is 53.0 Å². The standard InChI is InChI=1S/C20H32N2O3S/c1-24-12-10-21-8-6-17(7-9-21)15-22(16-18-4-2-11-25-18)20(23)14-19-5-3-13-26-19/h3,5,13,17-18H,2,4,6-12,14-16H2,1H3/t18-/m1/s1. The molecule has 5 nitrogen and oxygen atoms in total. The van der Waals surface area contributed by atoms with Crippen LogP contribution in [0.5, 0.6) is 0 Å². The SMILES string of the molecule is COCCN1CCC(CN(C[C@H]2CCCO2)C(=O)Cc2cccs2)CC1. The first-order valence-corrected chi connectivity index (χ1v) is 10.8. The zero-order valence-corrected chi connectivity index (χ0v) is 16.7. The predicted molar refractivity (Wildman–Crippen MR) is 105 cm³/mol. The summed E-state index contributed by atoms with van der Waals surface area (Å²) in [6, 6.07) is 4.08. The molecule has 0 radical (unpaired) electrons. The largest absolute Gasteiger partial charge is 0.383 e. The van der Waals surface area contributed by atoms with Crippen LogP contribution in [0.4, 0.5) is 0 Å². The van der Waals surface area contributed by atoms with Crippen molar-refractivity contribution in [2.24, 2.45) is 5.92 Å². The molecular weight excluding hydrogens is 348 g/mol. The number of methoxy groups -OCH3 is 1. The smallest absolute Gasteiger partial charge is 0.227 e. The van der Waals surface area contributed by atoms with Crippen molar-refractivity contribution in [3.8, 4) is 0 Å². The van der Waals surface area contributed by atoms with E-state index in [1.807, 2.05) is 11.4 Å². The fraction of sp³-hybridized carbons (Fsp3) is 0.750. The number of carbonyl (C=O) groups is 1. The fourth-order valence-electron chi connectivity index (χ4n) is 3.91. The van der Waals surface area contributed by atoms with Crippen LogP contribution in [0, 0.1) is 5.92 Å². The van der Waals surface area contributed by atoms with E-state index in [9.17, 15) is 4.79 Å². The number of likely N-dealkylation sites (tertiary alicyclic amines) is 1. The lowest BCUT2D eigenvalue weighted by atomic mass is 9.95. The molecule has 0 aromatic carbocycles. The van der Waals surface area contributed by atoms with Gasteiger partial charge in [0.15, 0.2) is 0 Å². The maximum absolute atomic E-state index is 12.9. The zero-order chi connectivity index (χ0) is 18.2. The molecule has 2 saturated heterocycles. The second kappa shape index (κ2) is 10.4. The minimum Gasteiger partial charge on any atom is -0.383 e. The van der Waals surface area contributed by atoms with Crippen molar-refractivity contribution < 1.29 is 14.3 Å². The summed E-state index contributed by atoms with van der Waals surface area (Å²) in [7, 11) is 1.76. The van der Waals surface area contributed by atoms with Crippen molar-refractivity contribution in [3.05, 3.63) is 22.4 Å². The Labute approximate surface area is 161 Å². The lowest BCUT2D eigenvalue weighted by Crippen LogP contribution is -2.44. The highest BCUT2D eigenvalue weighted by Gasteiger charge is 2.27. The number of hydrogen-bond donors (Lipinski definition) is 0. The average molecular weight is 381 g/mol. The second-order valence-electron chi connectivity index (χ2n) is 7.47. The Balaban J connectivity index is 1.52. The normalized spacial score (nSPS) is 22.0. The highest BCUT2D eigenvalue weighted by molar-refractivity contribution is 7.10. The zero-order valence-electron chi connectivity index (χ0n) is 15.9. The van der Waals surface area contributed by atoms with Crippen LogP contribution in [0.1, 0.15) is 30.6 Å². The molecule has 1 amide bonds. The first kappa shape index (κ1) is 19.8. The summed E-state index contributed by atoms with van der Waals surface area (Å²) in [4.78, 5) is 18.6. The third kappa shape index (κ3) is 6.05. The summed E-state index contributed by atoms with van der Waals surface area (Å²) in [5, 5.41) is 2.04. The monoisotopic (exact) mass is 380 g/mol. The van der Waals surface area contributed by atoms with Gasteiger partial charge in [-0.3, -0.25) is 4.79 Å².